The highest BCUT2D eigenvalue weighted by Crippen LogP contribution is 2.28. The molecule has 128 valence electrons. The van der Waals surface area contributed by atoms with E-state index in [1.54, 1.807) is 17.8 Å². The van der Waals surface area contributed by atoms with Gasteiger partial charge in [0.15, 0.2) is 0 Å². The summed E-state index contributed by atoms with van der Waals surface area (Å²) in [6, 6.07) is 5.54. The third kappa shape index (κ3) is 3.65. The second kappa shape index (κ2) is 7.40. The van der Waals surface area contributed by atoms with Crippen molar-refractivity contribution in [1.82, 2.24) is 15.2 Å². The normalized spacial score (nSPS) is 14.0. The van der Waals surface area contributed by atoms with Gasteiger partial charge in [0.2, 0.25) is 0 Å². The first-order valence-corrected chi connectivity index (χ1v) is 9.40. The Kier molecular flexibility index (Phi) is 5.26. The Morgan fingerprint density at radius 3 is 2.96 bits per heavy atom. The van der Waals surface area contributed by atoms with Gasteiger partial charge in [0.1, 0.15) is 0 Å². The lowest BCUT2D eigenvalue weighted by molar-refractivity contribution is 0.0952. The van der Waals surface area contributed by atoms with Crippen molar-refractivity contribution in [3.63, 3.8) is 0 Å². The Morgan fingerprint density at radius 2 is 2.17 bits per heavy atom. The maximum absolute atomic E-state index is 12.4. The van der Waals surface area contributed by atoms with Gasteiger partial charge >= 0.3 is 0 Å². The molecule has 3 rings (SSSR count). The minimum Gasteiger partial charge on any atom is -0.352 e. The van der Waals surface area contributed by atoms with Gasteiger partial charge in [-0.3, -0.25) is 9.59 Å². The van der Waals surface area contributed by atoms with Gasteiger partial charge in [0, 0.05) is 34.3 Å². The van der Waals surface area contributed by atoms with E-state index in [0.29, 0.717) is 12.1 Å². The molecular formula is C18H23N3O2S. The molecule has 0 bridgehead atoms. The summed E-state index contributed by atoms with van der Waals surface area (Å²) in [6.07, 6.45) is 1.81. The maximum atomic E-state index is 12.4. The molecule has 1 aliphatic heterocycles. The van der Waals surface area contributed by atoms with E-state index in [1.165, 1.54) is 0 Å². The van der Waals surface area contributed by atoms with E-state index in [4.69, 9.17) is 0 Å². The molecule has 1 aromatic heterocycles. The lowest BCUT2D eigenvalue weighted by Gasteiger charge is -2.17. The number of nitrogens with zero attached hydrogens (tertiary/aromatic N) is 1. The Hall–Kier alpha value is -1.79. The summed E-state index contributed by atoms with van der Waals surface area (Å²) in [5.41, 5.74) is 3.44. The molecule has 0 aliphatic carbocycles. The van der Waals surface area contributed by atoms with Gasteiger partial charge in [-0.15, -0.1) is 0 Å². The molecule has 2 aromatic rings. The zero-order valence-corrected chi connectivity index (χ0v) is 15.0. The third-order valence-corrected chi connectivity index (χ3v) is 5.29. The first-order chi connectivity index (χ1) is 11.6. The Balaban J connectivity index is 1.84. The number of carbonyl (C=O) groups is 1. The lowest BCUT2D eigenvalue weighted by atomic mass is 9.99. The Morgan fingerprint density at radius 1 is 1.33 bits per heavy atom. The van der Waals surface area contributed by atoms with Crippen molar-refractivity contribution in [2.75, 3.05) is 32.9 Å². The first kappa shape index (κ1) is 17.0. The molecule has 2 N–H and O–H groups in total. The number of hydrogen-bond donors (Lipinski definition) is 2. The van der Waals surface area contributed by atoms with E-state index in [0.717, 1.165) is 52.9 Å². The van der Waals surface area contributed by atoms with E-state index in [1.807, 2.05) is 26.2 Å². The molecule has 0 radical (unpaired) electrons. The number of benzene rings is 1. The topological polar surface area (TPSA) is 65.2 Å². The summed E-state index contributed by atoms with van der Waals surface area (Å²) in [7, 11) is 4.04. The number of rotatable bonds is 5. The van der Waals surface area contributed by atoms with E-state index in [9.17, 15) is 9.59 Å². The van der Waals surface area contributed by atoms with Crippen LogP contribution in [0.5, 0.6) is 0 Å². The number of fused-ring (bicyclic) bond motifs is 3. The molecule has 1 aliphatic rings. The Bertz CT molecular complexity index is 814. The summed E-state index contributed by atoms with van der Waals surface area (Å²) in [6.45, 7) is 1.61. The number of aromatic nitrogens is 1. The van der Waals surface area contributed by atoms with Crippen molar-refractivity contribution in [3.05, 3.63) is 45.2 Å². The second-order valence-electron chi connectivity index (χ2n) is 6.39. The van der Waals surface area contributed by atoms with E-state index in [-0.39, 0.29) is 11.5 Å². The molecule has 1 aromatic carbocycles. The SMILES string of the molecule is CN(C)CCCNC(=O)c1ccc2[nH]c(=O)c3c(c2c1)CCSC3. The van der Waals surface area contributed by atoms with Gasteiger partial charge in [-0.05, 0) is 63.0 Å². The molecule has 1 amide bonds. The van der Waals surface area contributed by atoms with Gasteiger partial charge < -0.3 is 15.2 Å². The predicted octanol–water partition coefficient (Wildman–Crippen LogP) is 2.00. The number of nitrogens with one attached hydrogen (secondary N) is 2. The fourth-order valence-corrected chi connectivity index (χ4v) is 4.03. The van der Waals surface area contributed by atoms with Crippen LogP contribution in [0, 0.1) is 0 Å². The van der Waals surface area contributed by atoms with Gasteiger partial charge in [-0.2, -0.15) is 11.8 Å². The molecule has 0 atom stereocenters. The highest BCUT2D eigenvalue weighted by molar-refractivity contribution is 7.98. The van der Waals surface area contributed by atoms with Crippen LogP contribution in [0.4, 0.5) is 0 Å². The second-order valence-corrected chi connectivity index (χ2v) is 7.49. The molecular weight excluding hydrogens is 322 g/mol. The monoisotopic (exact) mass is 345 g/mol. The first-order valence-electron chi connectivity index (χ1n) is 8.24. The highest BCUT2D eigenvalue weighted by atomic mass is 32.2. The number of pyridine rings is 1. The molecule has 2 heterocycles. The van der Waals surface area contributed by atoms with Crippen LogP contribution in [-0.2, 0) is 12.2 Å². The van der Waals surface area contributed by atoms with Crippen LogP contribution in [0.2, 0.25) is 0 Å². The summed E-state index contributed by atoms with van der Waals surface area (Å²) in [5.74, 6) is 1.72. The Labute approximate surface area is 145 Å². The zero-order valence-electron chi connectivity index (χ0n) is 14.1. The van der Waals surface area contributed by atoms with Crippen molar-refractivity contribution in [1.29, 1.82) is 0 Å². The fraction of sp³-hybridized carbons (Fsp3) is 0.444. The fourth-order valence-electron chi connectivity index (χ4n) is 3.03. The number of hydrogen-bond acceptors (Lipinski definition) is 4. The smallest absolute Gasteiger partial charge is 0.252 e. The van der Waals surface area contributed by atoms with Crippen LogP contribution in [0.25, 0.3) is 10.9 Å². The molecule has 5 nitrogen and oxygen atoms in total. The summed E-state index contributed by atoms with van der Waals surface area (Å²) >= 11 is 1.78. The number of thioether (sulfide) groups is 1. The summed E-state index contributed by atoms with van der Waals surface area (Å²) in [4.78, 5) is 29.6. The minimum atomic E-state index is -0.0548. The van der Waals surface area contributed by atoms with Crippen LogP contribution in [0.1, 0.15) is 27.9 Å². The quantitative estimate of drug-likeness (QED) is 0.814. The number of aryl methyl sites for hydroxylation is 1. The molecule has 6 heteroatoms. The van der Waals surface area contributed by atoms with Crippen LogP contribution in [-0.4, -0.2) is 48.7 Å². The number of H-pyrrole nitrogens is 1. The molecule has 24 heavy (non-hydrogen) atoms. The third-order valence-electron chi connectivity index (χ3n) is 4.30. The van der Waals surface area contributed by atoms with Crippen molar-refractivity contribution in [2.24, 2.45) is 0 Å². The zero-order chi connectivity index (χ0) is 17.1. The summed E-state index contributed by atoms with van der Waals surface area (Å²) in [5, 5.41) is 3.97. The van der Waals surface area contributed by atoms with Crippen LogP contribution < -0.4 is 10.9 Å². The van der Waals surface area contributed by atoms with Gasteiger partial charge in [-0.25, -0.2) is 0 Å². The molecule has 0 fully saturated rings. The highest BCUT2D eigenvalue weighted by Gasteiger charge is 2.17. The van der Waals surface area contributed by atoms with Crippen molar-refractivity contribution in [2.45, 2.75) is 18.6 Å². The van der Waals surface area contributed by atoms with Gasteiger partial charge in [0.25, 0.3) is 11.5 Å². The van der Waals surface area contributed by atoms with Gasteiger partial charge in [-0.1, -0.05) is 0 Å². The number of amides is 1. The molecule has 0 unspecified atom stereocenters. The van der Waals surface area contributed by atoms with Gasteiger partial charge in [0.05, 0.1) is 0 Å². The number of aromatic amines is 1. The van der Waals surface area contributed by atoms with E-state index < -0.39 is 0 Å². The van der Waals surface area contributed by atoms with E-state index in [2.05, 4.69) is 15.2 Å². The standard InChI is InChI=1S/C18H23N3O2S/c1-21(2)8-3-7-19-17(22)12-4-5-16-14(10-12)13-6-9-24-11-15(13)18(23)20-16/h4-5,10H,3,6-9,11H2,1-2H3,(H,19,22)(H,20,23). The van der Waals surface area contributed by atoms with Crippen LogP contribution >= 0.6 is 11.8 Å². The molecule has 0 saturated carbocycles. The van der Waals surface area contributed by atoms with Crippen molar-refractivity contribution >= 4 is 28.6 Å². The van der Waals surface area contributed by atoms with Crippen molar-refractivity contribution < 1.29 is 4.79 Å². The minimum absolute atomic E-state index is 0.00517. The largest absolute Gasteiger partial charge is 0.352 e. The molecule has 0 spiro atoms. The number of carbonyl (C=O) groups excluding carboxylic acids is 1. The molecule has 0 saturated heterocycles. The predicted molar refractivity (Wildman–Crippen MR) is 99.9 cm³/mol. The lowest BCUT2D eigenvalue weighted by Crippen LogP contribution is -2.27. The van der Waals surface area contributed by atoms with Crippen LogP contribution in [0.3, 0.4) is 0 Å². The average molecular weight is 345 g/mol. The van der Waals surface area contributed by atoms with Crippen LogP contribution in [0.15, 0.2) is 23.0 Å². The summed E-state index contributed by atoms with van der Waals surface area (Å²) < 4.78 is 0. The average Bonchev–Trinajstić information content (AvgIpc) is 2.58. The van der Waals surface area contributed by atoms with E-state index >= 15 is 0 Å². The maximum Gasteiger partial charge on any atom is 0.252 e. The van der Waals surface area contributed by atoms with Crippen molar-refractivity contribution in [3.8, 4) is 0 Å².